The van der Waals surface area contributed by atoms with Crippen LogP contribution in [0.25, 0.3) is 0 Å². The predicted molar refractivity (Wildman–Crippen MR) is 79.3 cm³/mol. The van der Waals surface area contributed by atoms with E-state index in [2.05, 4.69) is 10.3 Å². The summed E-state index contributed by atoms with van der Waals surface area (Å²) in [6.07, 6.45) is 3.14. The summed E-state index contributed by atoms with van der Waals surface area (Å²) < 4.78 is 0. The Morgan fingerprint density at radius 3 is 2.71 bits per heavy atom. The van der Waals surface area contributed by atoms with Gasteiger partial charge in [-0.1, -0.05) is 12.8 Å². The summed E-state index contributed by atoms with van der Waals surface area (Å²) in [5, 5.41) is 12.1. The number of amides is 2. The minimum Gasteiger partial charge on any atom is -0.480 e. The molecule has 6 heteroatoms. The molecule has 0 aromatic carbocycles. The van der Waals surface area contributed by atoms with Crippen LogP contribution in [0.4, 0.5) is 10.5 Å². The first-order valence-corrected chi connectivity index (χ1v) is 7.23. The van der Waals surface area contributed by atoms with E-state index in [-0.39, 0.29) is 6.03 Å². The number of carboxylic acids is 1. The van der Waals surface area contributed by atoms with Crippen LogP contribution in [0, 0.1) is 13.8 Å². The van der Waals surface area contributed by atoms with Crippen molar-refractivity contribution in [1.29, 1.82) is 0 Å². The van der Waals surface area contributed by atoms with Gasteiger partial charge >= 0.3 is 12.0 Å². The molecule has 1 fully saturated rings. The Hall–Kier alpha value is -2.11. The lowest BCUT2D eigenvalue weighted by atomic mass is 10.1. The standard InChI is InChI=1S/C15H21N3O3/c1-10-7-8-12(11(2)16-10)17-15(21)18-9-5-3-4-6-13(18)14(19)20/h7-8,13H,3-6,9H2,1-2H3,(H,17,21)(H,19,20). The number of pyridine rings is 1. The van der Waals surface area contributed by atoms with E-state index in [9.17, 15) is 14.7 Å². The van der Waals surface area contributed by atoms with E-state index in [1.807, 2.05) is 19.9 Å². The number of likely N-dealkylation sites (tertiary alicyclic amines) is 1. The Balaban J connectivity index is 2.14. The van der Waals surface area contributed by atoms with Crippen molar-refractivity contribution in [2.45, 2.75) is 45.6 Å². The maximum atomic E-state index is 12.4. The average molecular weight is 291 g/mol. The number of carboxylic acid groups (broad SMARTS) is 1. The van der Waals surface area contributed by atoms with Crippen molar-refractivity contribution in [2.75, 3.05) is 11.9 Å². The summed E-state index contributed by atoms with van der Waals surface area (Å²) in [7, 11) is 0. The Morgan fingerprint density at radius 1 is 1.29 bits per heavy atom. The molecular formula is C15H21N3O3. The molecule has 0 saturated carbocycles. The van der Waals surface area contributed by atoms with Gasteiger partial charge in [0, 0.05) is 12.2 Å². The van der Waals surface area contributed by atoms with Gasteiger partial charge in [-0.2, -0.15) is 0 Å². The lowest BCUT2D eigenvalue weighted by molar-refractivity contribution is -0.142. The monoisotopic (exact) mass is 291 g/mol. The largest absolute Gasteiger partial charge is 0.480 e. The molecule has 1 aliphatic rings. The molecule has 1 saturated heterocycles. The average Bonchev–Trinajstić information content (AvgIpc) is 2.67. The fraction of sp³-hybridized carbons (Fsp3) is 0.533. The maximum Gasteiger partial charge on any atom is 0.326 e. The number of urea groups is 1. The van der Waals surface area contributed by atoms with E-state index in [1.54, 1.807) is 6.07 Å². The molecule has 2 heterocycles. The molecule has 1 unspecified atom stereocenters. The Bertz CT molecular complexity index is 545. The summed E-state index contributed by atoms with van der Waals surface area (Å²) in [5.41, 5.74) is 2.23. The highest BCUT2D eigenvalue weighted by Crippen LogP contribution is 2.19. The van der Waals surface area contributed by atoms with Crippen LogP contribution >= 0.6 is 0 Å². The summed E-state index contributed by atoms with van der Waals surface area (Å²) in [6.45, 7) is 4.18. The van der Waals surface area contributed by atoms with E-state index in [0.29, 0.717) is 18.7 Å². The second kappa shape index (κ2) is 6.56. The molecule has 1 aromatic heterocycles. The zero-order valence-corrected chi connectivity index (χ0v) is 12.4. The zero-order chi connectivity index (χ0) is 15.4. The fourth-order valence-electron chi connectivity index (χ4n) is 2.61. The predicted octanol–water partition coefficient (Wildman–Crippen LogP) is 2.56. The second-order valence-electron chi connectivity index (χ2n) is 5.41. The molecule has 0 radical (unpaired) electrons. The highest BCUT2D eigenvalue weighted by molar-refractivity contribution is 5.92. The number of aryl methyl sites for hydroxylation is 2. The number of aromatic nitrogens is 1. The molecule has 2 rings (SSSR count). The first-order chi connectivity index (χ1) is 9.99. The van der Waals surface area contributed by atoms with Gasteiger partial charge in [0.15, 0.2) is 0 Å². The lowest BCUT2D eigenvalue weighted by Crippen LogP contribution is -2.46. The molecule has 6 nitrogen and oxygen atoms in total. The van der Waals surface area contributed by atoms with Gasteiger partial charge in [-0.25, -0.2) is 9.59 Å². The summed E-state index contributed by atoms with van der Waals surface area (Å²) in [6, 6.07) is 2.51. The SMILES string of the molecule is Cc1ccc(NC(=O)N2CCCCCC2C(=O)O)c(C)n1. The van der Waals surface area contributed by atoms with Crippen molar-refractivity contribution < 1.29 is 14.7 Å². The molecule has 1 atom stereocenters. The van der Waals surface area contributed by atoms with Gasteiger partial charge in [0.05, 0.1) is 11.4 Å². The lowest BCUT2D eigenvalue weighted by Gasteiger charge is -2.27. The van der Waals surface area contributed by atoms with Gasteiger partial charge in [-0.15, -0.1) is 0 Å². The molecule has 2 N–H and O–H groups in total. The maximum absolute atomic E-state index is 12.4. The third kappa shape index (κ3) is 3.71. The quantitative estimate of drug-likeness (QED) is 0.877. The van der Waals surface area contributed by atoms with Crippen molar-refractivity contribution in [3.8, 4) is 0 Å². The number of rotatable bonds is 2. The molecule has 0 aliphatic carbocycles. The minimum atomic E-state index is -0.939. The summed E-state index contributed by atoms with van der Waals surface area (Å²) >= 11 is 0. The van der Waals surface area contributed by atoms with Crippen LogP contribution in [0.1, 0.15) is 37.1 Å². The number of carbonyl (C=O) groups is 2. The highest BCUT2D eigenvalue weighted by atomic mass is 16.4. The third-order valence-corrected chi connectivity index (χ3v) is 3.77. The number of nitrogens with one attached hydrogen (secondary N) is 1. The third-order valence-electron chi connectivity index (χ3n) is 3.77. The van der Waals surface area contributed by atoms with Crippen LogP contribution < -0.4 is 5.32 Å². The number of hydrogen-bond donors (Lipinski definition) is 2. The Kier molecular flexibility index (Phi) is 4.77. The molecule has 1 aromatic rings. The van der Waals surface area contributed by atoms with Crippen LogP contribution in [-0.4, -0.2) is 39.6 Å². The first kappa shape index (κ1) is 15.3. The molecule has 21 heavy (non-hydrogen) atoms. The van der Waals surface area contributed by atoms with Crippen molar-refractivity contribution in [3.05, 3.63) is 23.5 Å². The van der Waals surface area contributed by atoms with Crippen LogP contribution in [0.3, 0.4) is 0 Å². The van der Waals surface area contributed by atoms with Gasteiger partial charge in [-0.3, -0.25) is 4.98 Å². The number of nitrogens with zero attached hydrogens (tertiary/aromatic N) is 2. The van der Waals surface area contributed by atoms with Crippen molar-refractivity contribution in [3.63, 3.8) is 0 Å². The number of aliphatic carboxylic acids is 1. The van der Waals surface area contributed by atoms with Gasteiger partial charge in [0.1, 0.15) is 6.04 Å². The van der Waals surface area contributed by atoms with E-state index >= 15 is 0 Å². The normalized spacial score (nSPS) is 19.0. The Labute approximate surface area is 124 Å². The van der Waals surface area contributed by atoms with Crippen molar-refractivity contribution in [2.24, 2.45) is 0 Å². The van der Waals surface area contributed by atoms with Crippen LogP contribution in [0.5, 0.6) is 0 Å². The zero-order valence-electron chi connectivity index (χ0n) is 12.4. The van der Waals surface area contributed by atoms with Gasteiger partial charge in [0.2, 0.25) is 0 Å². The van der Waals surface area contributed by atoms with Gasteiger partial charge in [-0.05, 0) is 38.8 Å². The van der Waals surface area contributed by atoms with Gasteiger partial charge < -0.3 is 15.3 Å². The molecule has 2 amide bonds. The van der Waals surface area contributed by atoms with Crippen LogP contribution in [0.2, 0.25) is 0 Å². The highest BCUT2D eigenvalue weighted by Gasteiger charge is 2.30. The van der Waals surface area contributed by atoms with E-state index in [0.717, 1.165) is 30.7 Å². The smallest absolute Gasteiger partial charge is 0.326 e. The summed E-state index contributed by atoms with van der Waals surface area (Å²) in [5.74, 6) is -0.939. The molecule has 0 spiro atoms. The van der Waals surface area contributed by atoms with Crippen molar-refractivity contribution in [1.82, 2.24) is 9.88 Å². The van der Waals surface area contributed by atoms with Gasteiger partial charge in [0.25, 0.3) is 0 Å². The molecular weight excluding hydrogens is 270 g/mol. The minimum absolute atomic E-state index is 0.363. The van der Waals surface area contributed by atoms with Crippen LogP contribution in [-0.2, 0) is 4.79 Å². The summed E-state index contributed by atoms with van der Waals surface area (Å²) in [4.78, 5) is 29.5. The molecule has 1 aliphatic heterocycles. The number of anilines is 1. The van der Waals surface area contributed by atoms with E-state index in [1.165, 1.54) is 4.90 Å². The van der Waals surface area contributed by atoms with E-state index in [4.69, 9.17) is 0 Å². The fourth-order valence-corrected chi connectivity index (χ4v) is 2.61. The number of hydrogen-bond acceptors (Lipinski definition) is 3. The van der Waals surface area contributed by atoms with E-state index < -0.39 is 12.0 Å². The van der Waals surface area contributed by atoms with Crippen molar-refractivity contribution >= 4 is 17.7 Å². The van der Waals surface area contributed by atoms with Crippen LogP contribution in [0.15, 0.2) is 12.1 Å². The molecule has 114 valence electrons. The first-order valence-electron chi connectivity index (χ1n) is 7.23. The Morgan fingerprint density at radius 2 is 2.05 bits per heavy atom. The topological polar surface area (TPSA) is 82.5 Å². The molecule has 0 bridgehead atoms. The second-order valence-corrected chi connectivity index (χ2v) is 5.41. The number of carbonyl (C=O) groups excluding carboxylic acids is 1.